The first kappa shape index (κ1) is 8.51. The second-order valence-electron chi connectivity index (χ2n) is 2.97. The van der Waals surface area contributed by atoms with Crippen molar-refractivity contribution in [2.75, 3.05) is 11.9 Å². The number of nitrogens with one attached hydrogen (secondary N) is 1. The average Bonchev–Trinajstić information content (AvgIpc) is 2.98. The maximum atomic E-state index is 11.4. The van der Waals surface area contributed by atoms with Crippen LogP contribution in [-0.2, 0) is 0 Å². The Morgan fingerprint density at radius 2 is 2.64 bits per heavy atom. The van der Waals surface area contributed by atoms with Gasteiger partial charge in [0.05, 0.1) is 24.5 Å². The highest BCUT2D eigenvalue weighted by atomic mass is 16.2. The van der Waals surface area contributed by atoms with E-state index in [0.29, 0.717) is 12.2 Å². The fourth-order valence-corrected chi connectivity index (χ4v) is 1.11. The Morgan fingerprint density at radius 3 is 3.21 bits per heavy atom. The summed E-state index contributed by atoms with van der Waals surface area (Å²) in [4.78, 5) is 16.7. The molecule has 2 amide bonds. The fourth-order valence-electron chi connectivity index (χ4n) is 1.11. The highest BCUT2D eigenvalue weighted by Crippen LogP contribution is 2.17. The molecule has 1 fully saturated rings. The zero-order valence-electron chi connectivity index (χ0n) is 7.34. The van der Waals surface area contributed by atoms with E-state index in [-0.39, 0.29) is 12.1 Å². The van der Waals surface area contributed by atoms with Crippen LogP contribution in [0.2, 0.25) is 0 Å². The van der Waals surface area contributed by atoms with Gasteiger partial charge in [0, 0.05) is 6.20 Å². The number of amides is 2. The Morgan fingerprint density at radius 1 is 1.79 bits per heavy atom. The molecule has 1 aliphatic heterocycles. The lowest BCUT2D eigenvalue weighted by molar-refractivity contribution is 0.241. The van der Waals surface area contributed by atoms with Gasteiger partial charge < -0.3 is 10.2 Å². The molecule has 14 heavy (non-hydrogen) atoms. The van der Waals surface area contributed by atoms with Gasteiger partial charge in [-0.05, 0) is 12.1 Å². The molecular weight excluding hydrogens is 180 g/mol. The van der Waals surface area contributed by atoms with Crippen molar-refractivity contribution < 1.29 is 4.79 Å². The highest BCUT2D eigenvalue weighted by Gasteiger charge is 2.38. The monoisotopic (exact) mass is 188 g/mol. The Labute approximate surface area is 81.0 Å². The maximum Gasteiger partial charge on any atom is 0.323 e. The first-order chi connectivity index (χ1) is 6.81. The van der Waals surface area contributed by atoms with Crippen molar-refractivity contribution in [3.05, 3.63) is 24.5 Å². The molecule has 0 aliphatic carbocycles. The van der Waals surface area contributed by atoms with Crippen LogP contribution < -0.4 is 5.32 Å². The summed E-state index contributed by atoms with van der Waals surface area (Å²) in [5, 5.41) is 11.1. The molecule has 0 unspecified atom stereocenters. The summed E-state index contributed by atoms with van der Waals surface area (Å²) < 4.78 is 0. The van der Waals surface area contributed by atoms with Gasteiger partial charge in [-0.3, -0.25) is 4.98 Å². The normalized spacial score (nSPS) is 18.5. The smallest absolute Gasteiger partial charge is 0.306 e. The van der Waals surface area contributed by atoms with Gasteiger partial charge in [-0.25, -0.2) is 4.79 Å². The lowest BCUT2D eigenvalue weighted by atomic mass is 10.4. The molecule has 1 N–H and O–H groups in total. The van der Waals surface area contributed by atoms with E-state index in [1.54, 1.807) is 24.5 Å². The Balaban J connectivity index is 1.94. The van der Waals surface area contributed by atoms with Crippen molar-refractivity contribution in [2.45, 2.75) is 6.04 Å². The van der Waals surface area contributed by atoms with E-state index in [1.165, 1.54) is 4.90 Å². The molecule has 1 saturated heterocycles. The van der Waals surface area contributed by atoms with Crippen molar-refractivity contribution in [1.82, 2.24) is 9.88 Å². The molecule has 0 radical (unpaired) electrons. The Hall–Kier alpha value is -2.09. The molecular formula is C9H8N4O. The number of hydrogen-bond acceptors (Lipinski definition) is 3. The molecule has 2 rings (SSSR count). The predicted octanol–water partition coefficient (Wildman–Crippen LogP) is 0.821. The van der Waals surface area contributed by atoms with E-state index in [4.69, 9.17) is 5.26 Å². The second-order valence-corrected chi connectivity index (χ2v) is 2.97. The number of pyridine rings is 1. The van der Waals surface area contributed by atoms with Crippen molar-refractivity contribution in [3.63, 3.8) is 0 Å². The number of carbonyl (C=O) groups excluding carboxylic acids is 1. The standard InChI is InChI=1S/C9H8N4O/c10-4-8-6-13(8)9(14)12-7-2-1-3-11-5-7/h1-3,5,8H,6H2,(H,12,14)/t8-,13?/m0/s1. The summed E-state index contributed by atoms with van der Waals surface area (Å²) in [6.45, 7) is 0.516. The first-order valence-electron chi connectivity index (χ1n) is 4.18. The van der Waals surface area contributed by atoms with Crippen LogP contribution >= 0.6 is 0 Å². The van der Waals surface area contributed by atoms with E-state index in [9.17, 15) is 4.79 Å². The molecule has 1 aliphatic rings. The van der Waals surface area contributed by atoms with Crippen molar-refractivity contribution in [2.24, 2.45) is 0 Å². The summed E-state index contributed by atoms with van der Waals surface area (Å²) in [6, 6.07) is 4.98. The molecule has 0 spiro atoms. The van der Waals surface area contributed by atoms with Gasteiger partial charge in [-0.2, -0.15) is 5.26 Å². The van der Waals surface area contributed by atoms with Crippen LogP contribution in [0.1, 0.15) is 0 Å². The zero-order valence-corrected chi connectivity index (χ0v) is 7.34. The summed E-state index contributed by atoms with van der Waals surface area (Å²) in [7, 11) is 0. The second kappa shape index (κ2) is 3.34. The van der Waals surface area contributed by atoms with E-state index in [1.807, 2.05) is 6.07 Å². The van der Waals surface area contributed by atoms with Gasteiger partial charge in [0.25, 0.3) is 0 Å². The molecule has 1 aromatic rings. The molecule has 0 aromatic carbocycles. The number of urea groups is 1. The van der Waals surface area contributed by atoms with Crippen molar-refractivity contribution in [3.8, 4) is 6.07 Å². The highest BCUT2D eigenvalue weighted by molar-refractivity contribution is 5.91. The van der Waals surface area contributed by atoms with Gasteiger partial charge in [0.15, 0.2) is 0 Å². The van der Waals surface area contributed by atoms with E-state index >= 15 is 0 Å². The van der Waals surface area contributed by atoms with Crippen LogP contribution in [-0.4, -0.2) is 28.5 Å². The molecule has 2 heterocycles. The lowest BCUT2D eigenvalue weighted by Gasteiger charge is -2.04. The molecule has 70 valence electrons. The third kappa shape index (κ3) is 1.64. The number of carbonyl (C=O) groups is 1. The minimum absolute atomic E-state index is 0.246. The molecule has 1 atom stereocenters. The Kier molecular flexibility index (Phi) is 2.03. The minimum atomic E-state index is -0.258. The number of nitrogens with zero attached hydrogens (tertiary/aromatic N) is 3. The summed E-state index contributed by atoms with van der Waals surface area (Å²) >= 11 is 0. The average molecular weight is 188 g/mol. The predicted molar refractivity (Wildman–Crippen MR) is 49.4 cm³/mol. The fraction of sp³-hybridized carbons (Fsp3) is 0.222. The van der Waals surface area contributed by atoms with Crippen molar-refractivity contribution >= 4 is 11.7 Å². The van der Waals surface area contributed by atoms with Crippen LogP contribution in [0, 0.1) is 11.3 Å². The van der Waals surface area contributed by atoms with Gasteiger partial charge in [0.1, 0.15) is 6.04 Å². The van der Waals surface area contributed by atoms with Gasteiger partial charge in [-0.1, -0.05) is 0 Å². The van der Waals surface area contributed by atoms with Gasteiger partial charge >= 0.3 is 6.03 Å². The summed E-state index contributed by atoms with van der Waals surface area (Å²) in [5.74, 6) is 0. The molecule has 5 nitrogen and oxygen atoms in total. The SMILES string of the molecule is N#C[C@H]1CN1C(=O)Nc1cccnc1. The quantitative estimate of drug-likeness (QED) is 0.663. The Bertz CT molecular complexity index is 384. The summed E-state index contributed by atoms with van der Waals surface area (Å²) in [6.07, 6.45) is 3.19. The maximum absolute atomic E-state index is 11.4. The van der Waals surface area contributed by atoms with Crippen LogP contribution in [0.4, 0.5) is 10.5 Å². The number of aromatic nitrogens is 1. The van der Waals surface area contributed by atoms with Crippen LogP contribution in [0.5, 0.6) is 0 Å². The van der Waals surface area contributed by atoms with Crippen LogP contribution in [0.3, 0.4) is 0 Å². The van der Waals surface area contributed by atoms with Crippen molar-refractivity contribution in [1.29, 1.82) is 5.26 Å². The van der Waals surface area contributed by atoms with E-state index in [2.05, 4.69) is 10.3 Å². The van der Waals surface area contributed by atoms with Crippen LogP contribution in [0.25, 0.3) is 0 Å². The third-order valence-electron chi connectivity index (χ3n) is 1.93. The first-order valence-corrected chi connectivity index (χ1v) is 4.18. The largest absolute Gasteiger partial charge is 0.323 e. The number of rotatable bonds is 1. The lowest BCUT2D eigenvalue weighted by Crippen LogP contribution is -2.20. The topological polar surface area (TPSA) is 68.8 Å². The van der Waals surface area contributed by atoms with E-state index < -0.39 is 0 Å². The molecule has 5 heteroatoms. The number of hydrogen-bond donors (Lipinski definition) is 1. The molecule has 0 bridgehead atoms. The third-order valence-corrected chi connectivity index (χ3v) is 1.93. The number of nitriles is 1. The van der Waals surface area contributed by atoms with Crippen LogP contribution in [0.15, 0.2) is 24.5 Å². The zero-order chi connectivity index (χ0) is 9.97. The van der Waals surface area contributed by atoms with Gasteiger partial charge in [-0.15, -0.1) is 0 Å². The van der Waals surface area contributed by atoms with E-state index in [0.717, 1.165) is 0 Å². The molecule has 1 aromatic heterocycles. The van der Waals surface area contributed by atoms with Gasteiger partial charge in [0.2, 0.25) is 0 Å². The molecule has 0 saturated carbocycles. The minimum Gasteiger partial charge on any atom is -0.306 e. The summed E-state index contributed by atoms with van der Waals surface area (Å²) in [5.41, 5.74) is 0.640. The number of anilines is 1.